The molecule has 8 aromatic rings. The van der Waals surface area contributed by atoms with Crippen molar-refractivity contribution in [3.8, 4) is 45.0 Å². The first-order valence-electron chi connectivity index (χ1n) is 23.8. The maximum Gasteiger partial charge on any atom is 0.0738 e. The summed E-state index contributed by atoms with van der Waals surface area (Å²) in [6, 6.07) is 57.5. The van der Waals surface area contributed by atoms with Crippen molar-refractivity contribution in [2.45, 2.75) is 0 Å². The van der Waals surface area contributed by atoms with Crippen molar-refractivity contribution in [1.82, 2.24) is 19.9 Å². The van der Waals surface area contributed by atoms with Crippen LogP contribution in [0.5, 0.6) is 0 Å². The smallest absolute Gasteiger partial charge is 0.0738 e. The Morgan fingerprint density at radius 2 is 0.403 bits per heavy atom. The number of nitrogens with zero attached hydrogens (tertiary/aromatic N) is 8. The molecule has 0 atom stereocenters. The molecule has 336 valence electrons. The van der Waals surface area contributed by atoms with Crippen molar-refractivity contribution in [1.29, 1.82) is 0 Å². The van der Waals surface area contributed by atoms with Crippen molar-refractivity contribution in [2.24, 2.45) is 20.0 Å². The summed E-state index contributed by atoms with van der Waals surface area (Å²) in [6.45, 7) is 0. The number of pyridine rings is 4. The summed E-state index contributed by atoms with van der Waals surface area (Å²) in [5.41, 5.74) is 20.5. The minimum Gasteiger partial charge on any atom is -0.256 e. The van der Waals surface area contributed by atoms with Gasteiger partial charge in [0.05, 0.1) is 68.4 Å². The molecule has 0 N–H and O–H groups in total. The van der Waals surface area contributed by atoms with Crippen molar-refractivity contribution < 1.29 is 0 Å². The topological polar surface area (TPSA) is 101 Å². The molecule has 0 unspecified atom stereocenters. The average Bonchev–Trinajstić information content (AvgIpc) is 4.32. The van der Waals surface area contributed by atoms with Crippen LogP contribution in [0, 0.1) is 0 Å². The minimum absolute atomic E-state index is 0.755. The Bertz CT molecular complexity index is 3400. The van der Waals surface area contributed by atoms with E-state index in [0.717, 1.165) is 135 Å². The van der Waals surface area contributed by atoms with E-state index >= 15 is 0 Å². The van der Waals surface area contributed by atoms with Gasteiger partial charge in [-0.2, -0.15) is 0 Å². The van der Waals surface area contributed by atoms with Crippen molar-refractivity contribution in [3.63, 3.8) is 0 Å². The quantitative estimate of drug-likeness (QED) is 0.151. The van der Waals surface area contributed by atoms with E-state index in [0.29, 0.717) is 0 Å². The molecule has 72 heavy (non-hydrogen) atoms. The fraction of sp³-hybridized carbons (Fsp3) is 0. The van der Waals surface area contributed by atoms with Crippen LogP contribution in [0.1, 0.15) is 22.3 Å². The maximum atomic E-state index is 5.63. The number of benzene rings is 4. The van der Waals surface area contributed by atoms with Crippen LogP contribution in [0.25, 0.3) is 67.3 Å². The fourth-order valence-electron chi connectivity index (χ4n) is 9.98. The molecule has 0 saturated heterocycles. The van der Waals surface area contributed by atoms with Crippen LogP contribution in [-0.4, -0.2) is 42.8 Å². The molecule has 8 bridgehead atoms. The van der Waals surface area contributed by atoms with Crippen molar-refractivity contribution >= 4 is 45.1 Å². The molecule has 13 rings (SSSR count). The van der Waals surface area contributed by atoms with Gasteiger partial charge in [-0.15, -0.1) is 0 Å². The molecule has 5 aliphatic rings. The molecular weight excluding hydrogens is 881 g/mol. The van der Waals surface area contributed by atoms with Crippen LogP contribution < -0.4 is 0 Å². The number of allylic oxidation sites excluding steroid dienone is 12. The van der Waals surface area contributed by atoms with Gasteiger partial charge >= 0.3 is 0 Å². The van der Waals surface area contributed by atoms with E-state index in [1.165, 1.54) is 0 Å². The zero-order chi connectivity index (χ0) is 47.8. The summed E-state index contributed by atoms with van der Waals surface area (Å²) in [7, 11) is 0. The summed E-state index contributed by atoms with van der Waals surface area (Å²) < 4.78 is 0. The molecule has 0 radical (unpaired) electrons. The van der Waals surface area contributed by atoms with E-state index < -0.39 is 0 Å². The van der Waals surface area contributed by atoms with Gasteiger partial charge in [0.25, 0.3) is 0 Å². The highest BCUT2D eigenvalue weighted by atomic mass is 14.9. The van der Waals surface area contributed by atoms with Gasteiger partial charge in [-0.05, 0) is 119 Å². The van der Waals surface area contributed by atoms with Crippen LogP contribution in [0.2, 0.25) is 0 Å². The highest BCUT2D eigenvalue weighted by Crippen LogP contribution is 2.43. The normalized spacial score (nSPS) is 15.7. The molecule has 8 heteroatoms. The van der Waals surface area contributed by atoms with Crippen LogP contribution >= 0.6 is 0 Å². The Morgan fingerprint density at radius 1 is 0.194 bits per heavy atom. The summed E-state index contributed by atoms with van der Waals surface area (Å²) in [6.07, 6.45) is 24.1. The molecule has 9 heterocycles. The molecule has 0 amide bonds. The van der Waals surface area contributed by atoms with E-state index in [2.05, 4.69) is 146 Å². The molecule has 0 aliphatic carbocycles. The SMILES string of the molecule is C1=CC2=C(c3ccccc3-c3ccccn3)C3=NC(=C(c4ccccc4-c4ccccn4)C4=NC(=C(c5ccccc5-c5ccccn5)C5=NC(=C(c6ccccc6-c6ccccn6)C1=N2)C=C5)C=C4)C=C3. The second kappa shape index (κ2) is 18.2. The monoisotopic (exact) mass is 920 g/mol. The molecular formula is C64H40N8. The Labute approximate surface area is 416 Å². The molecule has 0 saturated carbocycles. The van der Waals surface area contributed by atoms with Gasteiger partial charge in [-0.1, -0.05) is 121 Å². The lowest BCUT2D eigenvalue weighted by Gasteiger charge is -2.16. The van der Waals surface area contributed by atoms with E-state index in [9.17, 15) is 0 Å². The Morgan fingerprint density at radius 3 is 0.611 bits per heavy atom. The lowest BCUT2D eigenvalue weighted by molar-refractivity contribution is 1.32. The third-order valence-corrected chi connectivity index (χ3v) is 13.2. The van der Waals surface area contributed by atoms with Crippen LogP contribution in [0.4, 0.5) is 0 Å². The van der Waals surface area contributed by atoms with E-state index in [-0.39, 0.29) is 0 Å². The second-order valence-corrected chi connectivity index (χ2v) is 17.4. The van der Waals surface area contributed by atoms with E-state index in [1.54, 1.807) is 0 Å². The van der Waals surface area contributed by atoms with E-state index in [4.69, 9.17) is 39.9 Å². The second-order valence-electron chi connectivity index (χ2n) is 17.4. The van der Waals surface area contributed by atoms with Crippen molar-refractivity contribution in [3.05, 3.63) is 288 Å². The lowest BCUT2D eigenvalue weighted by atomic mass is 9.92. The number of aliphatic imine (C=N–C) groups is 4. The minimum atomic E-state index is 0.755. The van der Waals surface area contributed by atoms with Gasteiger partial charge < -0.3 is 0 Å². The highest BCUT2D eigenvalue weighted by Gasteiger charge is 2.30. The summed E-state index contributed by atoms with van der Waals surface area (Å²) >= 11 is 0. The summed E-state index contributed by atoms with van der Waals surface area (Å²) in [5, 5.41) is 0. The zero-order valence-electron chi connectivity index (χ0n) is 38.7. The van der Waals surface area contributed by atoms with Gasteiger partial charge in [-0.3, -0.25) is 19.9 Å². The average molecular weight is 921 g/mol. The van der Waals surface area contributed by atoms with Gasteiger partial charge in [0.15, 0.2) is 0 Å². The van der Waals surface area contributed by atoms with Gasteiger partial charge in [0, 0.05) is 69.3 Å². The number of hydrogen-bond acceptors (Lipinski definition) is 8. The van der Waals surface area contributed by atoms with Crippen LogP contribution in [0.3, 0.4) is 0 Å². The molecule has 5 aliphatic heterocycles. The predicted octanol–water partition coefficient (Wildman–Crippen LogP) is 13.9. The predicted molar refractivity (Wildman–Crippen MR) is 293 cm³/mol. The zero-order valence-corrected chi connectivity index (χ0v) is 38.7. The maximum absolute atomic E-state index is 5.63. The Balaban J connectivity index is 1.14. The largest absolute Gasteiger partial charge is 0.256 e. The third kappa shape index (κ3) is 7.60. The molecule has 0 fully saturated rings. The standard InChI is InChI=1S/C64H40N8/c1-5-21-45(41(17-1)49-25-9-13-37-65-49)61-53-29-31-55(69-53)62(46-22-6-2-18-42(46)50-26-10-14-38-66-50)57-33-35-59(71-57)64(48-24-8-4-20-44(48)52-28-12-16-40-68-52)60-36-34-58(72-60)63(56-32-30-54(61)70-56)47-23-7-3-19-43(47)51-27-11-15-39-67-51/h1-40H. The Kier molecular flexibility index (Phi) is 10.7. The number of fused-ring (bicyclic) bond motifs is 4. The summed E-state index contributed by atoms with van der Waals surface area (Å²) in [5.74, 6) is 0. The molecule has 0 spiro atoms. The fourth-order valence-corrected chi connectivity index (χ4v) is 9.98. The molecule has 8 nitrogen and oxygen atoms in total. The first-order chi connectivity index (χ1) is 35.7. The number of rotatable bonds is 8. The third-order valence-electron chi connectivity index (χ3n) is 13.2. The number of hydrogen-bond donors (Lipinski definition) is 0. The first-order valence-corrected chi connectivity index (χ1v) is 23.8. The first kappa shape index (κ1) is 42.2. The molecule has 4 aromatic carbocycles. The van der Waals surface area contributed by atoms with Crippen molar-refractivity contribution in [2.75, 3.05) is 0 Å². The molecule has 4 aromatic heterocycles. The Hall–Kier alpha value is -9.92. The van der Waals surface area contributed by atoms with Gasteiger partial charge in [0.1, 0.15) is 0 Å². The van der Waals surface area contributed by atoms with E-state index in [1.807, 2.05) is 97.6 Å². The van der Waals surface area contributed by atoms with Gasteiger partial charge in [-0.25, -0.2) is 20.0 Å². The summed E-state index contributed by atoms with van der Waals surface area (Å²) in [4.78, 5) is 41.9. The highest BCUT2D eigenvalue weighted by molar-refractivity contribution is 6.40. The number of aromatic nitrogens is 4. The van der Waals surface area contributed by atoms with Crippen LogP contribution in [0.15, 0.2) is 286 Å². The van der Waals surface area contributed by atoms with Crippen LogP contribution in [-0.2, 0) is 0 Å². The van der Waals surface area contributed by atoms with Gasteiger partial charge in [0.2, 0.25) is 0 Å². The lowest BCUT2D eigenvalue weighted by Crippen LogP contribution is -2.06.